The number of H-pyrrole nitrogens is 1. The molecule has 4 rings (SSSR count). The SMILES string of the molecule is NC(=O)/C=C/CNCCOc1ccc(/C(=C(/CC(F)(F)F)c2ccccc2)c2ccc3n[nH]c(F)c3c2)cn1. The van der Waals surface area contributed by atoms with Gasteiger partial charge in [0.2, 0.25) is 17.7 Å². The first-order valence-electron chi connectivity index (χ1n) is 12.0. The van der Waals surface area contributed by atoms with E-state index in [0.29, 0.717) is 35.3 Å². The maximum atomic E-state index is 14.3. The van der Waals surface area contributed by atoms with Crippen molar-refractivity contribution in [2.75, 3.05) is 19.7 Å². The van der Waals surface area contributed by atoms with E-state index in [0.717, 1.165) is 0 Å². The van der Waals surface area contributed by atoms with Crippen LogP contribution in [0.15, 0.2) is 79.0 Å². The first-order valence-corrected chi connectivity index (χ1v) is 12.0. The van der Waals surface area contributed by atoms with Gasteiger partial charge >= 0.3 is 6.18 Å². The number of nitrogens with two attached hydrogens (primary N) is 1. The molecule has 2 aromatic carbocycles. The van der Waals surface area contributed by atoms with E-state index in [-0.39, 0.29) is 29.0 Å². The highest BCUT2D eigenvalue weighted by molar-refractivity contribution is 6.00. The van der Waals surface area contributed by atoms with Crippen molar-refractivity contribution in [2.24, 2.45) is 5.73 Å². The van der Waals surface area contributed by atoms with Gasteiger partial charge in [-0.15, -0.1) is 0 Å². The van der Waals surface area contributed by atoms with E-state index in [4.69, 9.17) is 10.5 Å². The van der Waals surface area contributed by atoms with Crippen LogP contribution in [0.4, 0.5) is 17.6 Å². The minimum atomic E-state index is -4.50. The van der Waals surface area contributed by atoms with Crippen LogP contribution in [-0.4, -0.2) is 47.0 Å². The van der Waals surface area contributed by atoms with Crippen molar-refractivity contribution in [3.05, 3.63) is 102 Å². The second kappa shape index (κ2) is 12.4. The molecule has 0 bridgehead atoms. The van der Waals surface area contributed by atoms with Gasteiger partial charge in [0, 0.05) is 30.9 Å². The largest absolute Gasteiger partial charge is 0.476 e. The Morgan fingerprint density at radius 3 is 2.51 bits per heavy atom. The van der Waals surface area contributed by atoms with Crippen LogP contribution in [0.1, 0.15) is 23.1 Å². The lowest BCUT2D eigenvalue weighted by molar-refractivity contribution is -0.123. The second-order valence-corrected chi connectivity index (χ2v) is 8.52. The fourth-order valence-corrected chi connectivity index (χ4v) is 4.03. The van der Waals surface area contributed by atoms with Crippen molar-refractivity contribution in [3.63, 3.8) is 0 Å². The Labute approximate surface area is 221 Å². The van der Waals surface area contributed by atoms with Gasteiger partial charge in [-0.05, 0) is 46.5 Å². The summed E-state index contributed by atoms with van der Waals surface area (Å²) < 4.78 is 61.4. The summed E-state index contributed by atoms with van der Waals surface area (Å²) in [6.07, 6.45) is -1.44. The molecule has 0 aliphatic carbocycles. The van der Waals surface area contributed by atoms with Gasteiger partial charge < -0.3 is 15.8 Å². The van der Waals surface area contributed by atoms with Crippen LogP contribution in [0.3, 0.4) is 0 Å². The molecule has 202 valence electrons. The van der Waals surface area contributed by atoms with E-state index in [2.05, 4.69) is 20.5 Å². The third kappa shape index (κ3) is 7.51. The molecule has 0 atom stereocenters. The number of pyridine rings is 1. The summed E-state index contributed by atoms with van der Waals surface area (Å²) in [4.78, 5) is 15.0. The Morgan fingerprint density at radius 2 is 1.82 bits per heavy atom. The average molecular weight is 540 g/mol. The van der Waals surface area contributed by atoms with Crippen LogP contribution in [0.2, 0.25) is 0 Å². The number of rotatable bonds is 11. The number of aromatic amines is 1. The molecule has 0 saturated carbocycles. The Bertz CT molecular complexity index is 1480. The molecule has 0 saturated heterocycles. The highest BCUT2D eigenvalue weighted by Crippen LogP contribution is 2.40. The minimum absolute atomic E-state index is 0.0232. The Balaban J connectivity index is 1.68. The summed E-state index contributed by atoms with van der Waals surface area (Å²) in [5, 5.41) is 9.33. The van der Waals surface area contributed by atoms with E-state index >= 15 is 0 Å². The topological polar surface area (TPSA) is 106 Å². The summed E-state index contributed by atoms with van der Waals surface area (Å²) in [5.41, 5.74) is 6.84. The maximum absolute atomic E-state index is 14.3. The maximum Gasteiger partial charge on any atom is 0.393 e. The van der Waals surface area contributed by atoms with Gasteiger partial charge in [-0.25, -0.2) is 4.98 Å². The monoisotopic (exact) mass is 539 g/mol. The van der Waals surface area contributed by atoms with Crippen molar-refractivity contribution in [1.29, 1.82) is 0 Å². The summed E-state index contributed by atoms with van der Waals surface area (Å²) >= 11 is 0. The van der Waals surface area contributed by atoms with Crippen molar-refractivity contribution < 1.29 is 27.1 Å². The molecule has 7 nitrogen and oxygen atoms in total. The van der Waals surface area contributed by atoms with Crippen LogP contribution in [0.5, 0.6) is 5.88 Å². The van der Waals surface area contributed by atoms with E-state index in [9.17, 15) is 22.4 Å². The molecule has 0 spiro atoms. The van der Waals surface area contributed by atoms with Crippen LogP contribution in [0, 0.1) is 5.95 Å². The number of nitrogens with one attached hydrogen (secondary N) is 2. The number of benzene rings is 2. The number of nitrogens with zero attached hydrogens (tertiary/aromatic N) is 2. The van der Waals surface area contributed by atoms with Crippen LogP contribution in [-0.2, 0) is 4.79 Å². The Kier molecular flexibility index (Phi) is 8.72. The lowest BCUT2D eigenvalue weighted by Gasteiger charge is -2.19. The molecule has 0 aliphatic heterocycles. The lowest BCUT2D eigenvalue weighted by atomic mass is 9.88. The Morgan fingerprint density at radius 1 is 1.05 bits per heavy atom. The fraction of sp³-hybridized carbons (Fsp3) is 0.179. The third-order valence-electron chi connectivity index (χ3n) is 5.70. The molecule has 39 heavy (non-hydrogen) atoms. The normalized spacial score (nSPS) is 12.6. The molecular weight excluding hydrogens is 514 g/mol. The highest BCUT2D eigenvalue weighted by Gasteiger charge is 2.31. The first kappa shape index (κ1) is 27.5. The number of hydrogen-bond acceptors (Lipinski definition) is 5. The quantitative estimate of drug-likeness (QED) is 0.107. The zero-order valence-electron chi connectivity index (χ0n) is 20.6. The fourth-order valence-electron chi connectivity index (χ4n) is 4.03. The smallest absolute Gasteiger partial charge is 0.393 e. The summed E-state index contributed by atoms with van der Waals surface area (Å²) in [7, 11) is 0. The van der Waals surface area contributed by atoms with Gasteiger partial charge in [-0.3, -0.25) is 9.89 Å². The number of ether oxygens (including phenoxy) is 1. The number of hydrogen-bond donors (Lipinski definition) is 3. The van der Waals surface area contributed by atoms with Crippen LogP contribution >= 0.6 is 0 Å². The predicted octanol–water partition coefficient (Wildman–Crippen LogP) is 5.02. The predicted molar refractivity (Wildman–Crippen MR) is 140 cm³/mol. The first-order chi connectivity index (χ1) is 18.7. The molecule has 11 heteroatoms. The van der Waals surface area contributed by atoms with Gasteiger partial charge in [0.25, 0.3) is 0 Å². The number of carbonyl (C=O) groups excluding carboxylic acids is 1. The average Bonchev–Trinajstić information content (AvgIpc) is 3.28. The number of allylic oxidation sites excluding steroid dienone is 1. The summed E-state index contributed by atoms with van der Waals surface area (Å²) in [6, 6.07) is 16.1. The standard InChI is InChI=1S/C28H25F4N5O2/c29-27-21-15-19(8-10-23(21)36-37-27)26(22(16-28(30,31)32)18-5-2-1-3-6-18)20-9-11-25(35-17-20)39-14-13-34-12-4-7-24(33)38/h1-11,15,17,34H,12-14,16H2,(H2,33,38)(H,36,37)/b7-4+,26-22-. The molecule has 4 N–H and O–H groups in total. The summed E-state index contributed by atoms with van der Waals surface area (Å²) in [6.45, 7) is 1.15. The molecule has 0 aliphatic rings. The van der Waals surface area contributed by atoms with Gasteiger partial charge in [-0.2, -0.15) is 22.7 Å². The van der Waals surface area contributed by atoms with E-state index in [1.54, 1.807) is 60.7 Å². The highest BCUT2D eigenvalue weighted by atomic mass is 19.4. The van der Waals surface area contributed by atoms with E-state index in [1.165, 1.54) is 18.3 Å². The van der Waals surface area contributed by atoms with Crippen molar-refractivity contribution in [3.8, 4) is 5.88 Å². The number of primary amides is 1. The molecule has 2 aromatic heterocycles. The zero-order chi connectivity index (χ0) is 27.8. The van der Waals surface area contributed by atoms with Gasteiger partial charge in [-0.1, -0.05) is 42.5 Å². The van der Waals surface area contributed by atoms with Crippen molar-refractivity contribution >= 4 is 28.0 Å². The molecule has 1 amide bonds. The molecule has 4 aromatic rings. The third-order valence-corrected chi connectivity index (χ3v) is 5.70. The Hall–Kier alpha value is -4.51. The van der Waals surface area contributed by atoms with Crippen molar-refractivity contribution in [2.45, 2.75) is 12.6 Å². The molecule has 0 fully saturated rings. The van der Waals surface area contributed by atoms with Crippen molar-refractivity contribution in [1.82, 2.24) is 20.5 Å². The number of fused-ring (bicyclic) bond motifs is 1. The number of alkyl halides is 3. The summed E-state index contributed by atoms with van der Waals surface area (Å²) in [5.74, 6) is -0.934. The number of carbonyl (C=O) groups is 1. The number of aromatic nitrogens is 3. The molecule has 0 unspecified atom stereocenters. The second-order valence-electron chi connectivity index (χ2n) is 8.52. The number of amides is 1. The van der Waals surface area contributed by atoms with E-state index in [1.807, 2.05) is 0 Å². The van der Waals surface area contributed by atoms with E-state index < -0.39 is 24.5 Å². The van der Waals surface area contributed by atoms with Gasteiger partial charge in [0.1, 0.15) is 6.61 Å². The van der Waals surface area contributed by atoms with Crippen LogP contribution in [0.25, 0.3) is 22.0 Å². The molecule has 0 radical (unpaired) electrons. The lowest BCUT2D eigenvalue weighted by Crippen LogP contribution is -2.21. The van der Waals surface area contributed by atoms with Crippen LogP contribution < -0.4 is 15.8 Å². The van der Waals surface area contributed by atoms with Gasteiger partial charge in [0.15, 0.2) is 0 Å². The minimum Gasteiger partial charge on any atom is -0.476 e. The zero-order valence-corrected chi connectivity index (χ0v) is 20.6. The molecular formula is C28H25F4N5O2. The number of halogens is 4. The molecule has 2 heterocycles. The van der Waals surface area contributed by atoms with Gasteiger partial charge in [0.05, 0.1) is 17.3 Å².